The molecule has 2 aliphatic heterocycles. The molecule has 1 aromatic heterocycles. The van der Waals surface area contributed by atoms with E-state index in [0.29, 0.717) is 6.04 Å². The third kappa shape index (κ3) is 3.04. The molecule has 3 heterocycles. The Balaban J connectivity index is 1.57. The molecule has 0 amide bonds. The average Bonchev–Trinajstić information content (AvgIpc) is 3.10. The van der Waals surface area contributed by atoms with Crippen molar-refractivity contribution in [2.24, 2.45) is 5.92 Å². The van der Waals surface area contributed by atoms with E-state index in [1.54, 1.807) is 6.07 Å². The van der Waals surface area contributed by atoms with Crippen LogP contribution in [0, 0.1) is 5.92 Å². The largest absolute Gasteiger partial charge is 0.475 e. The van der Waals surface area contributed by atoms with Crippen LogP contribution in [0.2, 0.25) is 0 Å². The molecule has 1 aromatic rings. The topological polar surface area (TPSA) is 65.7 Å². The number of furan rings is 1. The summed E-state index contributed by atoms with van der Waals surface area (Å²) in [4.78, 5) is 13.2. The fourth-order valence-electron chi connectivity index (χ4n) is 3.48. The van der Waals surface area contributed by atoms with Crippen molar-refractivity contribution in [3.63, 3.8) is 0 Å². The number of piperidine rings is 1. The minimum atomic E-state index is -0.997. The summed E-state index contributed by atoms with van der Waals surface area (Å²) in [6.45, 7) is 4.03. The van der Waals surface area contributed by atoms with Crippen LogP contribution in [0.15, 0.2) is 16.5 Å². The SMILES string of the molecule is O=C(O)c1ccc(CN2CCCC(C3CCCN3)C2)o1. The van der Waals surface area contributed by atoms with Gasteiger partial charge in [-0.3, -0.25) is 4.90 Å². The monoisotopic (exact) mass is 278 g/mol. The normalized spacial score (nSPS) is 27.8. The molecule has 3 rings (SSSR count). The highest BCUT2D eigenvalue weighted by atomic mass is 16.4. The van der Waals surface area contributed by atoms with Gasteiger partial charge in [0.2, 0.25) is 5.76 Å². The summed E-state index contributed by atoms with van der Waals surface area (Å²) in [5.74, 6) is 0.511. The molecule has 0 spiro atoms. The summed E-state index contributed by atoms with van der Waals surface area (Å²) in [5.41, 5.74) is 0. The van der Waals surface area contributed by atoms with Crippen molar-refractivity contribution in [1.29, 1.82) is 0 Å². The molecule has 5 nitrogen and oxygen atoms in total. The van der Waals surface area contributed by atoms with Crippen LogP contribution >= 0.6 is 0 Å². The van der Waals surface area contributed by atoms with Gasteiger partial charge < -0.3 is 14.8 Å². The first-order valence-corrected chi connectivity index (χ1v) is 7.50. The molecular weight excluding hydrogens is 256 g/mol. The van der Waals surface area contributed by atoms with Crippen LogP contribution in [0.1, 0.15) is 42.0 Å². The second-order valence-corrected chi connectivity index (χ2v) is 5.91. The lowest BCUT2D eigenvalue weighted by molar-refractivity contribution is 0.0656. The first-order valence-electron chi connectivity index (χ1n) is 7.50. The minimum Gasteiger partial charge on any atom is -0.475 e. The molecule has 2 aliphatic rings. The summed E-state index contributed by atoms with van der Waals surface area (Å²) in [5, 5.41) is 12.5. The number of rotatable bonds is 4. The molecule has 2 saturated heterocycles. The van der Waals surface area contributed by atoms with Crippen LogP contribution in [0.5, 0.6) is 0 Å². The van der Waals surface area contributed by atoms with Gasteiger partial charge in [-0.2, -0.15) is 0 Å². The van der Waals surface area contributed by atoms with Gasteiger partial charge in [-0.05, 0) is 56.8 Å². The average molecular weight is 278 g/mol. The van der Waals surface area contributed by atoms with Gasteiger partial charge in [0, 0.05) is 12.6 Å². The van der Waals surface area contributed by atoms with Crippen LogP contribution in [-0.4, -0.2) is 41.7 Å². The second-order valence-electron chi connectivity index (χ2n) is 5.91. The van der Waals surface area contributed by atoms with E-state index in [4.69, 9.17) is 9.52 Å². The van der Waals surface area contributed by atoms with Crippen molar-refractivity contribution in [3.05, 3.63) is 23.7 Å². The fourth-order valence-corrected chi connectivity index (χ4v) is 3.48. The molecule has 0 saturated carbocycles. The number of aromatic carboxylic acids is 1. The lowest BCUT2D eigenvalue weighted by atomic mass is 9.90. The van der Waals surface area contributed by atoms with Crippen LogP contribution in [-0.2, 0) is 6.54 Å². The van der Waals surface area contributed by atoms with Gasteiger partial charge in [-0.15, -0.1) is 0 Å². The highest BCUT2D eigenvalue weighted by Gasteiger charge is 2.29. The van der Waals surface area contributed by atoms with E-state index in [0.717, 1.165) is 37.9 Å². The van der Waals surface area contributed by atoms with Gasteiger partial charge in [-0.25, -0.2) is 4.79 Å². The van der Waals surface area contributed by atoms with Gasteiger partial charge in [0.25, 0.3) is 0 Å². The summed E-state index contributed by atoms with van der Waals surface area (Å²) >= 11 is 0. The Morgan fingerprint density at radius 1 is 1.40 bits per heavy atom. The molecule has 0 aromatic carbocycles. The van der Waals surface area contributed by atoms with Crippen LogP contribution in [0.4, 0.5) is 0 Å². The number of hydrogen-bond donors (Lipinski definition) is 2. The van der Waals surface area contributed by atoms with Crippen molar-refractivity contribution >= 4 is 5.97 Å². The highest BCUT2D eigenvalue weighted by Crippen LogP contribution is 2.25. The number of nitrogens with one attached hydrogen (secondary N) is 1. The molecule has 2 fully saturated rings. The maximum atomic E-state index is 10.8. The Labute approximate surface area is 118 Å². The molecule has 110 valence electrons. The summed E-state index contributed by atoms with van der Waals surface area (Å²) < 4.78 is 5.35. The molecule has 2 N–H and O–H groups in total. The predicted molar refractivity (Wildman–Crippen MR) is 74.7 cm³/mol. The first kappa shape index (κ1) is 13.6. The third-order valence-electron chi connectivity index (χ3n) is 4.46. The zero-order valence-corrected chi connectivity index (χ0v) is 11.7. The van der Waals surface area contributed by atoms with E-state index < -0.39 is 5.97 Å². The van der Waals surface area contributed by atoms with E-state index in [-0.39, 0.29) is 5.76 Å². The van der Waals surface area contributed by atoms with Crippen molar-refractivity contribution in [2.75, 3.05) is 19.6 Å². The van der Waals surface area contributed by atoms with E-state index in [9.17, 15) is 4.79 Å². The Morgan fingerprint density at radius 2 is 2.30 bits per heavy atom. The zero-order valence-electron chi connectivity index (χ0n) is 11.7. The third-order valence-corrected chi connectivity index (χ3v) is 4.46. The van der Waals surface area contributed by atoms with Crippen molar-refractivity contribution in [1.82, 2.24) is 10.2 Å². The molecule has 5 heteroatoms. The Morgan fingerprint density at radius 3 is 3.00 bits per heavy atom. The molecule has 20 heavy (non-hydrogen) atoms. The molecule has 0 bridgehead atoms. The van der Waals surface area contributed by atoms with Gasteiger partial charge >= 0.3 is 5.97 Å². The van der Waals surface area contributed by atoms with Gasteiger partial charge in [0.1, 0.15) is 5.76 Å². The number of carboxylic acid groups (broad SMARTS) is 1. The molecule has 0 radical (unpaired) electrons. The lowest BCUT2D eigenvalue weighted by Gasteiger charge is -2.35. The fraction of sp³-hybridized carbons (Fsp3) is 0.667. The van der Waals surface area contributed by atoms with Gasteiger partial charge in [0.05, 0.1) is 6.54 Å². The van der Waals surface area contributed by atoms with Gasteiger partial charge in [0.15, 0.2) is 0 Å². The number of carboxylic acids is 1. The van der Waals surface area contributed by atoms with Crippen LogP contribution in [0.3, 0.4) is 0 Å². The quantitative estimate of drug-likeness (QED) is 0.881. The first-order chi connectivity index (χ1) is 9.72. The number of likely N-dealkylation sites (tertiary alicyclic amines) is 1. The van der Waals surface area contributed by atoms with E-state index in [1.165, 1.54) is 31.7 Å². The van der Waals surface area contributed by atoms with E-state index in [1.807, 2.05) is 0 Å². The van der Waals surface area contributed by atoms with Crippen molar-refractivity contribution < 1.29 is 14.3 Å². The lowest BCUT2D eigenvalue weighted by Crippen LogP contribution is -2.43. The maximum Gasteiger partial charge on any atom is 0.371 e. The minimum absolute atomic E-state index is 0.0334. The van der Waals surface area contributed by atoms with Crippen molar-refractivity contribution in [3.8, 4) is 0 Å². The van der Waals surface area contributed by atoms with Crippen LogP contribution in [0.25, 0.3) is 0 Å². The summed E-state index contributed by atoms with van der Waals surface area (Å²) in [6, 6.07) is 3.99. The number of hydrogen-bond acceptors (Lipinski definition) is 4. The zero-order chi connectivity index (χ0) is 13.9. The Hall–Kier alpha value is -1.33. The molecule has 0 aliphatic carbocycles. The maximum absolute atomic E-state index is 10.8. The van der Waals surface area contributed by atoms with Crippen molar-refractivity contribution in [2.45, 2.75) is 38.3 Å². The second kappa shape index (κ2) is 5.97. The van der Waals surface area contributed by atoms with E-state index >= 15 is 0 Å². The molecular formula is C15H22N2O3. The smallest absolute Gasteiger partial charge is 0.371 e. The Bertz CT molecular complexity index is 465. The highest BCUT2D eigenvalue weighted by molar-refractivity contribution is 5.84. The Kier molecular flexibility index (Phi) is 4.08. The van der Waals surface area contributed by atoms with E-state index in [2.05, 4.69) is 10.2 Å². The summed E-state index contributed by atoms with van der Waals surface area (Å²) in [6.07, 6.45) is 5.10. The predicted octanol–water partition coefficient (Wildman–Crippen LogP) is 1.94. The molecule has 2 unspecified atom stereocenters. The summed E-state index contributed by atoms with van der Waals surface area (Å²) in [7, 11) is 0. The standard InChI is InChI=1S/C15H22N2O3/c18-15(19)14-6-5-12(20-14)10-17-8-2-3-11(9-17)13-4-1-7-16-13/h5-6,11,13,16H,1-4,7-10H2,(H,18,19). The van der Waals surface area contributed by atoms with Crippen LogP contribution < -0.4 is 5.32 Å². The van der Waals surface area contributed by atoms with Gasteiger partial charge in [-0.1, -0.05) is 0 Å². The number of carbonyl (C=O) groups is 1. The molecule has 2 atom stereocenters. The number of nitrogens with zero attached hydrogens (tertiary/aromatic N) is 1.